The Morgan fingerprint density at radius 3 is 3.00 bits per heavy atom. The van der Waals surface area contributed by atoms with Gasteiger partial charge in [-0.25, -0.2) is 0 Å². The Morgan fingerprint density at radius 1 is 1.73 bits per heavy atom. The molecular formula is C6H5NO4. The number of hydrogen-bond acceptors (Lipinski definition) is 4. The zero-order valence-electron chi connectivity index (χ0n) is 5.52. The summed E-state index contributed by atoms with van der Waals surface area (Å²) < 4.78 is 4.64. The van der Waals surface area contributed by atoms with E-state index in [1.54, 1.807) is 0 Å². The molecule has 0 unspecified atom stereocenters. The Morgan fingerprint density at radius 2 is 2.45 bits per heavy atom. The molecular weight excluding hydrogens is 150 g/mol. The fourth-order valence-corrected chi connectivity index (χ4v) is 0.720. The number of nitrogens with zero attached hydrogens (tertiary/aromatic N) is 1. The molecule has 1 aromatic heterocycles. The maximum absolute atomic E-state index is 10.2. The van der Waals surface area contributed by atoms with Crippen LogP contribution in [-0.4, -0.2) is 11.2 Å². The second kappa shape index (κ2) is 2.96. The first-order chi connectivity index (χ1) is 5.24. The second-order valence-corrected chi connectivity index (χ2v) is 1.92. The number of carbonyl (C=O) groups excluding carboxylic acids is 1. The van der Waals surface area contributed by atoms with Crippen LogP contribution in [0.2, 0.25) is 0 Å². The summed E-state index contributed by atoms with van der Waals surface area (Å²) >= 11 is 0. The lowest BCUT2D eigenvalue weighted by atomic mass is 10.3. The van der Waals surface area contributed by atoms with Crippen LogP contribution in [0.25, 0.3) is 0 Å². The van der Waals surface area contributed by atoms with Gasteiger partial charge in [0.2, 0.25) is 6.54 Å². The number of furan rings is 1. The van der Waals surface area contributed by atoms with Crippen LogP contribution in [0, 0.1) is 10.1 Å². The van der Waals surface area contributed by atoms with E-state index < -0.39 is 4.92 Å². The smallest absolute Gasteiger partial charge is 0.232 e. The molecule has 1 heterocycles. The van der Waals surface area contributed by atoms with Gasteiger partial charge in [0.1, 0.15) is 0 Å². The van der Waals surface area contributed by atoms with Gasteiger partial charge in [0.25, 0.3) is 0 Å². The molecule has 5 heteroatoms. The molecule has 0 aliphatic rings. The van der Waals surface area contributed by atoms with Crippen LogP contribution in [0.5, 0.6) is 0 Å². The third-order valence-electron chi connectivity index (χ3n) is 1.19. The van der Waals surface area contributed by atoms with Gasteiger partial charge in [-0.3, -0.25) is 14.9 Å². The van der Waals surface area contributed by atoms with Crippen LogP contribution < -0.4 is 0 Å². The largest absolute Gasteiger partial charge is 0.461 e. The van der Waals surface area contributed by atoms with Gasteiger partial charge in [-0.1, -0.05) is 0 Å². The van der Waals surface area contributed by atoms with Gasteiger partial charge >= 0.3 is 0 Å². The molecule has 0 aliphatic carbocycles. The normalized spacial score (nSPS) is 9.45. The first-order valence-corrected chi connectivity index (χ1v) is 2.87. The molecule has 0 N–H and O–H groups in total. The second-order valence-electron chi connectivity index (χ2n) is 1.92. The van der Waals surface area contributed by atoms with Gasteiger partial charge < -0.3 is 4.42 Å². The standard InChI is InChI=1S/C6H5NO4/c8-4-6-5(1-2-11-6)3-7(9)10/h1-2,4H,3H2. The number of aldehydes is 1. The van der Waals surface area contributed by atoms with E-state index in [1.807, 2.05) is 0 Å². The van der Waals surface area contributed by atoms with Crippen molar-refractivity contribution in [3.05, 3.63) is 33.8 Å². The van der Waals surface area contributed by atoms with E-state index in [4.69, 9.17) is 0 Å². The van der Waals surface area contributed by atoms with Gasteiger partial charge in [0.15, 0.2) is 12.0 Å². The maximum Gasteiger partial charge on any atom is 0.232 e. The molecule has 1 rings (SSSR count). The Kier molecular flexibility index (Phi) is 2.00. The van der Waals surface area contributed by atoms with Gasteiger partial charge in [0.05, 0.1) is 11.8 Å². The lowest BCUT2D eigenvalue weighted by Crippen LogP contribution is -1.98. The van der Waals surface area contributed by atoms with Crippen molar-refractivity contribution in [3.63, 3.8) is 0 Å². The lowest BCUT2D eigenvalue weighted by Gasteiger charge is -1.88. The summed E-state index contributed by atoms with van der Waals surface area (Å²) in [4.78, 5) is 19.6. The van der Waals surface area contributed by atoms with E-state index in [-0.39, 0.29) is 12.3 Å². The fraction of sp³-hybridized carbons (Fsp3) is 0.167. The fourth-order valence-electron chi connectivity index (χ4n) is 0.720. The monoisotopic (exact) mass is 155 g/mol. The molecule has 58 valence electrons. The zero-order valence-corrected chi connectivity index (χ0v) is 5.52. The van der Waals surface area contributed by atoms with Crippen molar-refractivity contribution in [1.29, 1.82) is 0 Å². The highest BCUT2D eigenvalue weighted by Crippen LogP contribution is 2.08. The van der Waals surface area contributed by atoms with E-state index in [0.29, 0.717) is 11.8 Å². The van der Waals surface area contributed by atoms with Crippen molar-refractivity contribution in [1.82, 2.24) is 0 Å². The van der Waals surface area contributed by atoms with Crippen molar-refractivity contribution in [2.75, 3.05) is 0 Å². The Balaban J connectivity index is 2.84. The molecule has 0 saturated heterocycles. The van der Waals surface area contributed by atoms with Crippen LogP contribution in [0.4, 0.5) is 0 Å². The number of hydrogen-bond donors (Lipinski definition) is 0. The average Bonchev–Trinajstić information content (AvgIpc) is 2.34. The first-order valence-electron chi connectivity index (χ1n) is 2.87. The third-order valence-corrected chi connectivity index (χ3v) is 1.19. The van der Waals surface area contributed by atoms with E-state index in [1.165, 1.54) is 12.3 Å². The predicted molar refractivity (Wildman–Crippen MR) is 34.8 cm³/mol. The minimum Gasteiger partial charge on any atom is -0.461 e. The van der Waals surface area contributed by atoms with Gasteiger partial charge in [0, 0.05) is 4.92 Å². The Bertz CT molecular complexity index is 278. The zero-order chi connectivity index (χ0) is 8.27. The molecule has 0 fully saturated rings. The van der Waals surface area contributed by atoms with Crippen LogP contribution in [0.15, 0.2) is 16.7 Å². The van der Waals surface area contributed by atoms with Crippen molar-refractivity contribution >= 4 is 6.29 Å². The third kappa shape index (κ3) is 1.64. The van der Waals surface area contributed by atoms with Crippen LogP contribution in [0.1, 0.15) is 16.1 Å². The Labute approximate surface area is 61.8 Å². The molecule has 0 radical (unpaired) electrons. The highest BCUT2D eigenvalue weighted by molar-refractivity contribution is 5.72. The van der Waals surface area contributed by atoms with E-state index in [2.05, 4.69) is 4.42 Å². The number of nitro groups is 1. The average molecular weight is 155 g/mol. The highest BCUT2D eigenvalue weighted by Gasteiger charge is 2.09. The summed E-state index contributed by atoms with van der Waals surface area (Å²) in [6.07, 6.45) is 1.71. The summed E-state index contributed by atoms with van der Waals surface area (Å²) in [7, 11) is 0. The van der Waals surface area contributed by atoms with Crippen molar-refractivity contribution < 1.29 is 14.1 Å². The molecule has 1 aromatic rings. The van der Waals surface area contributed by atoms with E-state index >= 15 is 0 Å². The van der Waals surface area contributed by atoms with Gasteiger partial charge in [-0.05, 0) is 6.07 Å². The summed E-state index contributed by atoms with van der Waals surface area (Å²) in [6, 6.07) is 1.41. The van der Waals surface area contributed by atoms with Gasteiger partial charge in [-0.2, -0.15) is 0 Å². The number of carbonyl (C=O) groups is 1. The lowest BCUT2D eigenvalue weighted by molar-refractivity contribution is -0.496. The molecule has 11 heavy (non-hydrogen) atoms. The van der Waals surface area contributed by atoms with Crippen molar-refractivity contribution in [2.45, 2.75) is 6.54 Å². The summed E-state index contributed by atoms with van der Waals surface area (Å²) in [6.45, 7) is -0.370. The molecule has 0 bridgehead atoms. The SMILES string of the molecule is O=Cc1occc1C[N+](=O)[O-]. The quantitative estimate of drug-likeness (QED) is 0.368. The minimum absolute atomic E-state index is 0.0294. The van der Waals surface area contributed by atoms with E-state index in [0.717, 1.165) is 0 Å². The maximum atomic E-state index is 10.2. The minimum atomic E-state index is -0.516. The topological polar surface area (TPSA) is 73.3 Å². The molecule has 0 aliphatic heterocycles. The predicted octanol–water partition coefficient (Wildman–Crippen LogP) is 0.869. The van der Waals surface area contributed by atoms with Crippen LogP contribution >= 0.6 is 0 Å². The molecule has 0 spiro atoms. The summed E-state index contributed by atoms with van der Waals surface area (Å²) in [5.41, 5.74) is 0.310. The van der Waals surface area contributed by atoms with Gasteiger partial charge in [-0.15, -0.1) is 0 Å². The number of rotatable bonds is 3. The molecule has 0 atom stereocenters. The molecule has 0 amide bonds. The van der Waals surface area contributed by atoms with Crippen molar-refractivity contribution in [2.24, 2.45) is 0 Å². The molecule has 5 nitrogen and oxygen atoms in total. The Hall–Kier alpha value is -1.65. The van der Waals surface area contributed by atoms with Crippen LogP contribution in [-0.2, 0) is 6.54 Å². The molecule has 0 aromatic carbocycles. The molecule has 0 saturated carbocycles. The van der Waals surface area contributed by atoms with Crippen LogP contribution in [0.3, 0.4) is 0 Å². The highest BCUT2D eigenvalue weighted by atomic mass is 16.6. The first kappa shape index (κ1) is 7.46. The van der Waals surface area contributed by atoms with E-state index in [9.17, 15) is 14.9 Å². The summed E-state index contributed by atoms with van der Waals surface area (Å²) in [5, 5.41) is 9.98. The summed E-state index contributed by atoms with van der Waals surface area (Å²) in [5.74, 6) is 0.0294. The van der Waals surface area contributed by atoms with Crippen molar-refractivity contribution in [3.8, 4) is 0 Å².